The summed E-state index contributed by atoms with van der Waals surface area (Å²) in [5.74, 6) is 0. The Kier molecular flexibility index (Phi) is 3.87. The predicted molar refractivity (Wildman–Crippen MR) is 62.5 cm³/mol. The summed E-state index contributed by atoms with van der Waals surface area (Å²) in [4.78, 5) is 16.0. The molecule has 2 atom stereocenters. The van der Waals surface area contributed by atoms with Crippen molar-refractivity contribution >= 4 is 6.03 Å². The summed E-state index contributed by atoms with van der Waals surface area (Å²) in [6.07, 6.45) is 4.64. The number of amides is 2. The van der Waals surface area contributed by atoms with E-state index >= 15 is 0 Å². The first-order chi connectivity index (χ1) is 7.64. The van der Waals surface area contributed by atoms with Gasteiger partial charge in [-0.05, 0) is 19.8 Å². The van der Waals surface area contributed by atoms with Gasteiger partial charge in [0, 0.05) is 52.8 Å². The van der Waals surface area contributed by atoms with Gasteiger partial charge in [-0.3, -0.25) is 0 Å². The molecule has 0 saturated carbocycles. The monoisotopic (exact) mass is 311 g/mol. The van der Waals surface area contributed by atoms with Crippen LogP contribution in [-0.2, 0) is 32.7 Å². The summed E-state index contributed by atoms with van der Waals surface area (Å²) in [5, 5.41) is 4.77. The number of carbonyl (C=O) groups is 1. The predicted octanol–water partition coefficient (Wildman–Crippen LogP) is 1.81. The average molecular weight is 311 g/mol. The molecule has 0 aromatic carbocycles. The average Bonchev–Trinajstić information content (AvgIpc) is 2.73. The molecule has 0 aromatic rings. The first kappa shape index (κ1) is 13.8. The molecule has 2 amide bonds. The summed E-state index contributed by atoms with van der Waals surface area (Å²) in [6.45, 7) is 3.81. The normalized spacial score (nSPS) is 40.0. The first-order valence-corrected chi connectivity index (χ1v) is 6.37. The zero-order chi connectivity index (χ0) is 11.3. The number of hydrogen-bond acceptors (Lipinski definition) is 1. The molecular formula is C12H20N3OY-. The van der Waals surface area contributed by atoms with E-state index < -0.39 is 0 Å². The van der Waals surface area contributed by atoms with Crippen LogP contribution in [0.2, 0.25) is 0 Å². The third kappa shape index (κ3) is 2.06. The van der Waals surface area contributed by atoms with Crippen LogP contribution < -0.4 is 0 Å². The molecule has 0 aliphatic carbocycles. The number of fused-ring (bicyclic) bond motifs is 2. The van der Waals surface area contributed by atoms with Gasteiger partial charge in [-0.15, -0.1) is 12.1 Å². The van der Waals surface area contributed by atoms with Crippen LogP contribution in [0, 0.1) is 0 Å². The number of nitrogens with zero attached hydrogens (tertiary/aromatic N) is 3. The Labute approximate surface area is 128 Å². The van der Waals surface area contributed by atoms with Crippen LogP contribution in [0.1, 0.15) is 32.6 Å². The zero-order valence-corrected chi connectivity index (χ0v) is 13.6. The molecule has 3 heterocycles. The maximum absolute atomic E-state index is 12.1. The summed E-state index contributed by atoms with van der Waals surface area (Å²) in [6, 6.07) is 1.25. The minimum atomic E-state index is 0. The molecule has 3 aliphatic heterocycles. The molecule has 2 bridgehead atoms. The third-order valence-corrected chi connectivity index (χ3v) is 4.62. The number of piperidine rings is 1. The Hall–Kier alpha value is 0.334. The van der Waals surface area contributed by atoms with E-state index in [-0.39, 0.29) is 44.3 Å². The van der Waals surface area contributed by atoms with Crippen molar-refractivity contribution in [3.63, 3.8) is 0 Å². The Morgan fingerprint density at radius 2 is 1.94 bits per heavy atom. The molecule has 3 aliphatic rings. The summed E-state index contributed by atoms with van der Waals surface area (Å²) >= 11 is 0. The number of rotatable bonds is 1. The first-order valence-electron chi connectivity index (χ1n) is 6.37. The van der Waals surface area contributed by atoms with Crippen LogP contribution in [-0.4, -0.2) is 53.6 Å². The molecule has 0 N–H and O–H groups in total. The van der Waals surface area contributed by atoms with E-state index in [1.54, 1.807) is 0 Å². The van der Waals surface area contributed by atoms with Crippen LogP contribution in [0.4, 0.5) is 4.79 Å². The Morgan fingerprint density at radius 1 is 1.35 bits per heavy atom. The molecule has 3 saturated heterocycles. The fraction of sp³-hybridized carbons (Fsp3) is 0.917. The Bertz CT molecular complexity index is 311. The molecular weight excluding hydrogens is 291 g/mol. The van der Waals surface area contributed by atoms with Crippen molar-refractivity contribution in [1.29, 1.82) is 0 Å². The largest absolute Gasteiger partial charge is 0.657 e. The van der Waals surface area contributed by atoms with Crippen molar-refractivity contribution in [3.8, 4) is 0 Å². The molecule has 0 aromatic heterocycles. The molecule has 3 rings (SSSR count). The van der Waals surface area contributed by atoms with Gasteiger partial charge < -0.3 is 15.1 Å². The Balaban J connectivity index is 0.00000108. The van der Waals surface area contributed by atoms with Gasteiger partial charge in [0.15, 0.2) is 0 Å². The molecule has 3 fully saturated rings. The van der Waals surface area contributed by atoms with E-state index in [4.69, 9.17) is 5.32 Å². The van der Waals surface area contributed by atoms with Gasteiger partial charge in [-0.25, -0.2) is 4.79 Å². The van der Waals surface area contributed by atoms with Gasteiger partial charge in [0.05, 0.1) is 5.54 Å². The maximum atomic E-state index is 12.1. The van der Waals surface area contributed by atoms with Crippen molar-refractivity contribution in [1.82, 2.24) is 9.80 Å². The number of hydrogen-bond donors (Lipinski definition) is 0. The third-order valence-electron chi connectivity index (χ3n) is 4.62. The summed E-state index contributed by atoms with van der Waals surface area (Å²) < 4.78 is 0. The summed E-state index contributed by atoms with van der Waals surface area (Å²) in [5.41, 5.74) is 0.0979. The molecule has 1 radical (unpaired) electrons. The Morgan fingerprint density at radius 3 is 2.41 bits per heavy atom. The fourth-order valence-corrected chi connectivity index (χ4v) is 3.70. The standard InChI is InChI=1S/C12H20N3O.Y/c1-3-15-8-12(14(2)11(15)16)6-9-4-5-10(7-12)13-9;/h9-10H,3-8H2,1-2H3;/q-1;. The van der Waals surface area contributed by atoms with Crippen LogP contribution in [0.3, 0.4) is 0 Å². The quantitative estimate of drug-likeness (QED) is 0.728. The molecule has 1 spiro atoms. The minimum Gasteiger partial charge on any atom is -0.657 e. The second kappa shape index (κ2) is 4.78. The molecule has 17 heavy (non-hydrogen) atoms. The molecule has 5 heteroatoms. The van der Waals surface area contributed by atoms with Gasteiger partial charge in [0.2, 0.25) is 0 Å². The van der Waals surface area contributed by atoms with Crippen LogP contribution in [0.15, 0.2) is 0 Å². The van der Waals surface area contributed by atoms with Crippen molar-refractivity contribution in [2.45, 2.75) is 50.2 Å². The topological polar surface area (TPSA) is 37.7 Å². The second-order valence-corrected chi connectivity index (χ2v) is 5.52. The van der Waals surface area contributed by atoms with E-state index in [1.165, 1.54) is 12.8 Å². The zero-order valence-electron chi connectivity index (χ0n) is 10.7. The van der Waals surface area contributed by atoms with Crippen molar-refractivity contribution < 1.29 is 37.5 Å². The minimum absolute atomic E-state index is 0. The second-order valence-electron chi connectivity index (χ2n) is 5.52. The number of carbonyl (C=O) groups excluding carboxylic acids is 1. The maximum Gasteiger partial charge on any atom is 0.320 e. The van der Waals surface area contributed by atoms with E-state index in [0.717, 1.165) is 25.9 Å². The van der Waals surface area contributed by atoms with Gasteiger partial charge in [0.1, 0.15) is 0 Å². The van der Waals surface area contributed by atoms with E-state index in [0.29, 0.717) is 12.1 Å². The van der Waals surface area contributed by atoms with Crippen molar-refractivity contribution in [3.05, 3.63) is 5.32 Å². The summed E-state index contributed by atoms with van der Waals surface area (Å²) in [7, 11) is 1.97. The molecule has 4 nitrogen and oxygen atoms in total. The number of likely N-dealkylation sites (N-methyl/N-ethyl adjacent to an activating group) is 2. The van der Waals surface area contributed by atoms with Crippen molar-refractivity contribution in [2.75, 3.05) is 20.1 Å². The van der Waals surface area contributed by atoms with Crippen LogP contribution >= 0.6 is 0 Å². The molecule has 2 unspecified atom stereocenters. The van der Waals surface area contributed by atoms with E-state index in [1.807, 2.05) is 16.8 Å². The smallest absolute Gasteiger partial charge is 0.320 e. The SMILES string of the molecule is CCN1CC2(CC3CCC(C2)[N-]3)N(C)C1=O.[Y]. The van der Waals surface area contributed by atoms with Gasteiger partial charge >= 0.3 is 6.03 Å². The van der Waals surface area contributed by atoms with Gasteiger partial charge in [0.25, 0.3) is 0 Å². The van der Waals surface area contributed by atoms with Crippen LogP contribution in [0.25, 0.3) is 5.32 Å². The molecule has 93 valence electrons. The van der Waals surface area contributed by atoms with Gasteiger partial charge in [-0.1, -0.05) is 12.8 Å². The van der Waals surface area contributed by atoms with Gasteiger partial charge in [-0.2, -0.15) is 0 Å². The van der Waals surface area contributed by atoms with E-state index in [9.17, 15) is 4.79 Å². The fourth-order valence-electron chi connectivity index (χ4n) is 3.70. The number of urea groups is 1. The van der Waals surface area contributed by atoms with E-state index in [2.05, 4.69) is 6.92 Å². The van der Waals surface area contributed by atoms with Crippen LogP contribution in [0.5, 0.6) is 0 Å². The van der Waals surface area contributed by atoms with Crippen molar-refractivity contribution in [2.24, 2.45) is 0 Å².